The third-order valence-electron chi connectivity index (χ3n) is 3.37. The van der Waals surface area contributed by atoms with Crippen molar-refractivity contribution in [3.63, 3.8) is 0 Å². The van der Waals surface area contributed by atoms with Crippen LogP contribution in [-0.4, -0.2) is 33.5 Å². The predicted octanol–water partition coefficient (Wildman–Crippen LogP) is 2.28. The molecule has 1 aliphatic rings. The van der Waals surface area contributed by atoms with Gasteiger partial charge in [0.1, 0.15) is 0 Å². The van der Waals surface area contributed by atoms with Gasteiger partial charge < -0.3 is 14.8 Å². The largest absolute Gasteiger partial charge is 0.381 e. The van der Waals surface area contributed by atoms with E-state index in [4.69, 9.17) is 9.47 Å². The van der Waals surface area contributed by atoms with Gasteiger partial charge >= 0.3 is 0 Å². The molecular weight excluding hydrogens is 252 g/mol. The molecule has 0 saturated carbocycles. The summed E-state index contributed by atoms with van der Waals surface area (Å²) in [6.45, 7) is 2.41. The average Bonchev–Trinajstić information content (AvgIpc) is 2.92. The first-order valence-electron chi connectivity index (χ1n) is 6.49. The summed E-state index contributed by atoms with van der Waals surface area (Å²) >= 11 is 0. The molecule has 0 aromatic heterocycles. The summed E-state index contributed by atoms with van der Waals surface area (Å²) in [4.78, 5) is 0. The predicted molar refractivity (Wildman–Crippen MR) is 67.9 cm³/mol. The summed E-state index contributed by atoms with van der Waals surface area (Å²) in [7, 11) is 1.71. The number of likely N-dealkylation sites (N-methyl/N-ethyl adjacent to an activating group) is 1. The fraction of sp³-hybridized carbons (Fsp3) is 0.571. The van der Waals surface area contributed by atoms with Gasteiger partial charge in [-0.3, -0.25) is 0 Å². The third kappa shape index (κ3) is 3.72. The van der Waals surface area contributed by atoms with Crippen LogP contribution in [0.5, 0.6) is 0 Å². The maximum Gasteiger partial charge on any atom is 0.163 e. The first kappa shape index (κ1) is 14.4. The van der Waals surface area contributed by atoms with E-state index in [1.165, 1.54) is 6.07 Å². The topological polar surface area (TPSA) is 30.5 Å². The zero-order valence-electron chi connectivity index (χ0n) is 11.0. The van der Waals surface area contributed by atoms with E-state index >= 15 is 0 Å². The maximum atomic E-state index is 13.7. The number of benzene rings is 1. The van der Waals surface area contributed by atoms with Crippen molar-refractivity contribution in [2.75, 3.05) is 33.5 Å². The summed E-state index contributed by atoms with van der Waals surface area (Å²) in [5.74, 6) is -1.23. The second-order valence-electron chi connectivity index (χ2n) is 4.75. The Labute approximate surface area is 111 Å². The van der Waals surface area contributed by atoms with Crippen molar-refractivity contribution >= 4 is 0 Å². The first-order valence-corrected chi connectivity index (χ1v) is 6.49. The van der Waals surface area contributed by atoms with Crippen LogP contribution in [0.25, 0.3) is 0 Å². The minimum Gasteiger partial charge on any atom is -0.381 e. The van der Waals surface area contributed by atoms with Crippen LogP contribution in [0.2, 0.25) is 0 Å². The Balaban J connectivity index is 1.90. The molecule has 2 atom stereocenters. The molecule has 5 heteroatoms. The molecule has 1 saturated heterocycles. The zero-order valence-corrected chi connectivity index (χ0v) is 11.0. The second-order valence-corrected chi connectivity index (χ2v) is 4.75. The van der Waals surface area contributed by atoms with E-state index in [1.807, 2.05) is 0 Å². The number of hydrogen-bond acceptors (Lipinski definition) is 3. The average molecular weight is 271 g/mol. The number of halogens is 2. The van der Waals surface area contributed by atoms with Gasteiger partial charge in [0.05, 0.1) is 25.9 Å². The van der Waals surface area contributed by atoms with Gasteiger partial charge in [-0.05, 0) is 19.5 Å². The van der Waals surface area contributed by atoms with Gasteiger partial charge in [0, 0.05) is 18.1 Å². The normalized spacial score (nSPS) is 20.7. The molecule has 1 aromatic carbocycles. The van der Waals surface area contributed by atoms with Crippen molar-refractivity contribution in [3.8, 4) is 0 Å². The lowest BCUT2D eigenvalue weighted by molar-refractivity contribution is 0.0750. The Morgan fingerprint density at radius 3 is 3.00 bits per heavy atom. The fourth-order valence-electron chi connectivity index (χ4n) is 2.19. The van der Waals surface area contributed by atoms with Gasteiger partial charge in [-0.25, -0.2) is 8.78 Å². The number of rotatable bonds is 6. The Morgan fingerprint density at radius 2 is 2.32 bits per heavy atom. The quantitative estimate of drug-likeness (QED) is 0.861. The molecule has 1 aromatic rings. The fourth-order valence-corrected chi connectivity index (χ4v) is 2.19. The minimum atomic E-state index is -0.832. The molecule has 2 unspecified atom stereocenters. The summed E-state index contributed by atoms with van der Waals surface area (Å²) in [5.41, 5.74) is 0.296. The highest BCUT2D eigenvalue weighted by Crippen LogP contribution is 2.20. The van der Waals surface area contributed by atoms with Crippen molar-refractivity contribution < 1.29 is 18.3 Å². The van der Waals surface area contributed by atoms with Gasteiger partial charge in [0.25, 0.3) is 0 Å². The SMILES string of the molecule is CNC(COCC1CCOC1)c1cccc(F)c1F. The smallest absolute Gasteiger partial charge is 0.163 e. The van der Waals surface area contributed by atoms with E-state index in [9.17, 15) is 8.78 Å². The van der Waals surface area contributed by atoms with Gasteiger partial charge in [0.15, 0.2) is 11.6 Å². The first-order chi connectivity index (χ1) is 9.22. The Bertz CT molecular complexity index is 408. The van der Waals surface area contributed by atoms with E-state index in [1.54, 1.807) is 13.1 Å². The molecule has 1 fully saturated rings. The minimum absolute atomic E-state index is 0.296. The van der Waals surface area contributed by atoms with Crippen molar-refractivity contribution in [1.82, 2.24) is 5.32 Å². The van der Waals surface area contributed by atoms with Crippen molar-refractivity contribution in [1.29, 1.82) is 0 Å². The van der Waals surface area contributed by atoms with Crippen LogP contribution < -0.4 is 5.32 Å². The lowest BCUT2D eigenvalue weighted by atomic mass is 10.1. The molecule has 2 rings (SSSR count). The van der Waals surface area contributed by atoms with Gasteiger partial charge in [-0.1, -0.05) is 12.1 Å². The molecule has 1 N–H and O–H groups in total. The molecule has 1 heterocycles. The third-order valence-corrected chi connectivity index (χ3v) is 3.37. The van der Waals surface area contributed by atoms with Gasteiger partial charge in [-0.15, -0.1) is 0 Å². The summed E-state index contributed by atoms with van der Waals surface area (Å²) in [6.07, 6.45) is 0.999. The van der Waals surface area contributed by atoms with Gasteiger partial charge in [-0.2, -0.15) is 0 Å². The molecule has 0 amide bonds. The second kappa shape index (κ2) is 6.93. The number of ether oxygens (including phenoxy) is 2. The van der Waals surface area contributed by atoms with E-state index < -0.39 is 11.6 Å². The summed E-state index contributed by atoms with van der Waals surface area (Å²) in [5, 5.41) is 2.95. The summed E-state index contributed by atoms with van der Waals surface area (Å²) < 4.78 is 37.7. The van der Waals surface area contributed by atoms with E-state index in [0.717, 1.165) is 25.7 Å². The Hall–Kier alpha value is -1.04. The standard InChI is InChI=1S/C14H19F2NO2/c1-17-13(9-19-8-10-5-6-18-7-10)11-3-2-4-12(15)14(11)16/h2-4,10,13,17H,5-9H2,1H3. The van der Waals surface area contributed by atoms with E-state index in [2.05, 4.69) is 5.32 Å². The van der Waals surface area contributed by atoms with E-state index in [0.29, 0.717) is 24.7 Å². The number of hydrogen-bond donors (Lipinski definition) is 1. The molecule has 3 nitrogen and oxygen atoms in total. The number of nitrogens with one attached hydrogen (secondary N) is 1. The monoisotopic (exact) mass is 271 g/mol. The van der Waals surface area contributed by atoms with Crippen LogP contribution >= 0.6 is 0 Å². The highest BCUT2D eigenvalue weighted by Gasteiger charge is 2.19. The highest BCUT2D eigenvalue weighted by atomic mass is 19.2. The Morgan fingerprint density at radius 1 is 1.47 bits per heavy atom. The molecular formula is C14H19F2NO2. The van der Waals surface area contributed by atoms with Crippen LogP contribution in [0.15, 0.2) is 18.2 Å². The molecule has 0 bridgehead atoms. The lowest BCUT2D eigenvalue weighted by Crippen LogP contribution is -2.24. The van der Waals surface area contributed by atoms with E-state index in [-0.39, 0.29) is 6.04 Å². The lowest BCUT2D eigenvalue weighted by Gasteiger charge is -2.18. The molecule has 0 radical (unpaired) electrons. The molecule has 1 aliphatic heterocycles. The summed E-state index contributed by atoms with van der Waals surface area (Å²) in [6, 6.07) is 3.84. The molecule has 106 valence electrons. The van der Waals surface area contributed by atoms with Crippen LogP contribution in [0.1, 0.15) is 18.0 Å². The van der Waals surface area contributed by atoms with Crippen LogP contribution in [0.4, 0.5) is 8.78 Å². The Kier molecular flexibility index (Phi) is 5.24. The molecule has 0 spiro atoms. The maximum absolute atomic E-state index is 13.7. The van der Waals surface area contributed by atoms with Crippen LogP contribution in [0.3, 0.4) is 0 Å². The van der Waals surface area contributed by atoms with Crippen molar-refractivity contribution in [2.24, 2.45) is 5.92 Å². The molecule has 19 heavy (non-hydrogen) atoms. The van der Waals surface area contributed by atoms with Crippen molar-refractivity contribution in [2.45, 2.75) is 12.5 Å². The van der Waals surface area contributed by atoms with Crippen LogP contribution in [0, 0.1) is 17.6 Å². The van der Waals surface area contributed by atoms with Gasteiger partial charge in [0.2, 0.25) is 0 Å². The van der Waals surface area contributed by atoms with Crippen LogP contribution in [-0.2, 0) is 9.47 Å². The zero-order chi connectivity index (χ0) is 13.7. The van der Waals surface area contributed by atoms with Crippen molar-refractivity contribution in [3.05, 3.63) is 35.4 Å². The highest BCUT2D eigenvalue weighted by molar-refractivity contribution is 5.22. The molecule has 0 aliphatic carbocycles.